The first-order valence-corrected chi connectivity index (χ1v) is 8.85. The predicted molar refractivity (Wildman–Crippen MR) is 80.0 cm³/mol. The van der Waals surface area contributed by atoms with Gasteiger partial charge in [-0.1, -0.05) is 6.92 Å². The molecule has 0 aromatic carbocycles. The lowest BCUT2D eigenvalue weighted by Gasteiger charge is -2.08. The largest absolute Gasteiger partial charge is 0.349 e. The van der Waals surface area contributed by atoms with E-state index in [1.807, 2.05) is 18.4 Å². The molecular formula is C14H25N3O2S. The Hall–Kier alpha value is -0.850. The zero-order valence-electron chi connectivity index (χ0n) is 12.5. The van der Waals surface area contributed by atoms with Crippen LogP contribution in [0.3, 0.4) is 0 Å². The summed E-state index contributed by atoms with van der Waals surface area (Å²) >= 11 is 0. The number of hydrogen-bond donors (Lipinski definition) is 2. The molecule has 0 amide bonds. The maximum Gasteiger partial charge on any atom is 0.242 e. The van der Waals surface area contributed by atoms with Gasteiger partial charge in [0.05, 0.1) is 4.90 Å². The molecule has 20 heavy (non-hydrogen) atoms. The highest BCUT2D eigenvalue weighted by Gasteiger charge is 2.22. The van der Waals surface area contributed by atoms with Gasteiger partial charge in [-0.05, 0) is 39.2 Å². The van der Waals surface area contributed by atoms with Crippen LogP contribution in [-0.4, -0.2) is 25.1 Å². The molecule has 1 aliphatic carbocycles. The lowest BCUT2D eigenvalue weighted by atomic mass is 10.4. The molecule has 0 spiro atoms. The summed E-state index contributed by atoms with van der Waals surface area (Å²) in [6.45, 7) is 7.34. The number of aryl methyl sites for hydroxylation is 1. The van der Waals surface area contributed by atoms with Crippen molar-refractivity contribution in [3.8, 4) is 0 Å². The van der Waals surface area contributed by atoms with Crippen molar-refractivity contribution < 1.29 is 8.42 Å². The van der Waals surface area contributed by atoms with Crippen LogP contribution in [0.25, 0.3) is 0 Å². The average molecular weight is 299 g/mol. The van der Waals surface area contributed by atoms with Crippen molar-refractivity contribution >= 4 is 10.0 Å². The summed E-state index contributed by atoms with van der Waals surface area (Å²) in [5, 5.41) is 3.44. The van der Waals surface area contributed by atoms with Crippen LogP contribution in [0.5, 0.6) is 0 Å². The van der Waals surface area contributed by atoms with Crippen molar-refractivity contribution in [2.24, 2.45) is 0 Å². The van der Waals surface area contributed by atoms with E-state index in [1.54, 1.807) is 12.3 Å². The van der Waals surface area contributed by atoms with E-state index in [9.17, 15) is 8.42 Å². The van der Waals surface area contributed by atoms with Crippen LogP contribution in [0.2, 0.25) is 0 Å². The third-order valence-corrected chi connectivity index (χ3v) is 4.90. The first-order valence-electron chi connectivity index (χ1n) is 7.37. The third kappa shape index (κ3) is 4.07. The Balaban J connectivity index is 2.18. The van der Waals surface area contributed by atoms with Gasteiger partial charge in [-0.2, -0.15) is 0 Å². The zero-order chi connectivity index (χ0) is 14.8. The summed E-state index contributed by atoms with van der Waals surface area (Å²) in [6, 6.07) is 2.31. The number of sulfonamides is 1. The smallest absolute Gasteiger partial charge is 0.242 e. The number of hydrogen-bond acceptors (Lipinski definition) is 3. The lowest BCUT2D eigenvalue weighted by Crippen LogP contribution is -2.29. The third-order valence-electron chi connectivity index (χ3n) is 3.28. The van der Waals surface area contributed by atoms with E-state index in [0.29, 0.717) is 10.9 Å². The molecule has 0 unspecified atom stereocenters. The molecule has 1 aliphatic rings. The number of nitrogens with one attached hydrogen (secondary N) is 2. The second kappa shape index (κ2) is 6.28. The minimum Gasteiger partial charge on any atom is -0.349 e. The van der Waals surface area contributed by atoms with Crippen molar-refractivity contribution in [2.45, 2.75) is 70.1 Å². The standard InChI is InChI=1S/C14H25N3O2S/c1-4-7-17-10-14(20(18,19)16-11(2)3)8-13(17)9-15-12-5-6-12/h8,10-12,15-16H,4-7,9H2,1-3H3. The van der Waals surface area contributed by atoms with Crippen LogP contribution in [0.4, 0.5) is 0 Å². The van der Waals surface area contributed by atoms with Gasteiger partial charge in [-0.3, -0.25) is 0 Å². The van der Waals surface area contributed by atoms with Crippen LogP contribution in [0.1, 0.15) is 45.7 Å². The molecule has 0 atom stereocenters. The monoisotopic (exact) mass is 299 g/mol. The molecule has 0 aliphatic heterocycles. The molecule has 1 saturated carbocycles. The maximum absolute atomic E-state index is 12.2. The second-order valence-electron chi connectivity index (χ2n) is 5.79. The predicted octanol–water partition coefficient (Wildman–Crippen LogP) is 1.84. The van der Waals surface area contributed by atoms with Gasteiger partial charge in [0.25, 0.3) is 0 Å². The van der Waals surface area contributed by atoms with Crippen molar-refractivity contribution in [3.63, 3.8) is 0 Å². The van der Waals surface area contributed by atoms with Gasteiger partial charge in [0.2, 0.25) is 10.0 Å². The lowest BCUT2D eigenvalue weighted by molar-refractivity contribution is 0.569. The number of aromatic nitrogens is 1. The Morgan fingerprint density at radius 1 is 1.40 bits per heavy atom. The van der Waals surface area contributed by atoms with Gasteiger partial charge in [0.1, 0.15) is 0 Å². The molecule has 2 rings (SSSR count). The molecule has 2 N–H and O–H groups in total. The van der Waals surface area contributed by atoms with E-state index in [-0.39, 0.29) is 6.04 Å². The van der Waals surface area contributed by atoms with Crippen molar-refractivity contribution in [1.82, 2.24) is 14.6 Å². The molecule has 0 saturated heterocycles. The fourth-order valence-corrected chi connectivity index (χ4v) is 3.50. The summed E-state index contributed by atoms with van der Waals surface area (Å²) in [6.07, 6.45) is 5.20. The molecule has 114 valence electrons. The molecule has 5 nitrogen and oxygen atoms in total. The molecule has 1 heterocycles. The van der Waals surface area contributed by atoms with Gasteiger partial charge >= 0.3 is 0 Å². The summed E-state index contributed by atoms with van der Waals surface area (Å²) in [4.78, 5) is 0.368. The van der Waals surface area contributed by atoms with Crippen molar-refractivity contribution in [3.05, 3.63) is 18.0 Å². The van der Waals surface area contributed by atoms with Crippen LogP contribution >= 0.6 is 0 Å². The van der Waals surface area contributed by atoms with E-state index in [1.165, 1.54) is 12.8 Å². The van der Waals surface area contributed by atoms with E-state index in [2.05, 4.69) is 17.0 Å². The fourth-order valence-electron chi connectivity index (χ4n) is 2.18. The summed E-state index contributed by atoms with van der Waals surface area (Å²) in [5.74, 6) is 0. The molecule has 1 aromatic heterocycles. The van der Waals surface area contributed by atoms with Gasteiger partial charge in [-0.25, -0.2) is 13.1 Å². The molecule has 6 heteroatoms. The molecule has 1 fully saturated rings. The molecule has 0 radical (unpaired) electrons. The Morgan fingerprint density at radius 2 is 2.10 bits per heavy atom. The van der Waals surface area contributed by atoms with E-state index in [4.69, 9.17) is 0 Å². The number of rotatable bonds is 8. The summed E-state index contributed by atoms with van der Waals surface area (Å²) in [7, 11) is -3.40. The van der Waals surface area contributed by atoms with Crippen LogP contribution < -0.4 is 10.0 Å². The Kier molecular flexibility index (Phi) is 4.88. The van der Waals surface area contributed by atoms with Gasteiger partial charge in [-0.15, -0.1) is 0 Å². The van der Waals surface area contributed by atoms with Crippen LogP contribution in [0, 0.1) is 0 Å². The van der Waals surface area contributed by atoms with Crippen LogP contribution in [0.15, 0.2) is 17.2 Å². The maximum atomic E-state index is 12.2. The summed E-state index contributed by atoms with van der Waals surface area (Å²) in [5.41, 5.74) is 1.04. The van der Waals surface area contributed by atoms with E-state index in [0.717, 1.165) is 25.2 Å². The highest BCUT2D eigenvalue weighted by molar-refractivity contribution is 7.89. The normalized spacial score (nSPS) is 16.0. The van der Waals surface area contributed by atoms with Crippen LogP contribution in [-0.2, 0) is 23.1 Å². The second-order valence-corrected chi connectivity index (χ2v) is 7.51. The first-order chi connectivity index (χ1) is 9.42. The van der Waals surface area contributed by atoms with Crippen molar-refractivity contribution in [2.75, 3.05) is 0 Å². The quantitative estimate of drug-likeness (QED) is 0.770. The Labute approximate surface area is 121 Å². The highest BCUT2D eigenvalue weighted by Crippen LogP contribution is 2.21. The SMILES string of the molecule is CCCn1cc(S(=O)(=O)NC(C)C)cc1CNC1CC1. The van der Waals surface area contributed by atoms with E-state index < -0.39 is 10.0 Å². The van der Waals surface area contributed by atoms with Gasteiger partial charge < -0.3 is 9.88 Å². The molecule has 1 aromatic rings. The summed E-state index contributed by atoms with van der Waals surface area (Å²) < 4.78 is 29.1. The topological polar surface area (TPSA) is 63.1 Å². The average Bonchev–Trinajstić information content (AvgIpc) is 3.07. The number of nitrogens with zero attached hydrogens (tertiary/aromatic N) is 1. The van der Waals surface area contributed by atoms with Gasteiger partial charge in [0.15, 0.2) is 0 Å². The van der Waals surface area contributed by atoms with Crippen molar-refractivity contribution in [1.29, 1.82) is 0 Å². The minimum absolute atomic E-state index is 0.0948. The highest BCUT2D eigenvalue weighted by atomic mass is 32.2. The zero-order valence-corrected chi connectivity index (χ0v) is 13.3. The molecular weight excluding hydrogens is 274 g/mol. The fraction of sp³-hybridized carbons (Fsp3) is 0.714. The molecule has 0 bridgehead atoms. The van der Waals surface area contributed by atoms with E-state index >= 15 is 0 Å². The minimum atomic E-state index is -3.40. The van der Waals surface area contributed by atoms with Gasteiger partial charge in [0, 0.05) is 37.1 Å². The Bertz CT molecular complexity index is 545. The first kappa shape index (κ1) is 15.5. The Morgan fingerprint density at radius 3 is 2.65 bits per heavy atom.